The van der Waals surface area contributed by atoms with Gasteiger partial charge in [0.15, 0.2) is 0 Å². The van der Waals surface area contributed by atoms with Crippen LogP contribution in [-0.4, -0.2) is 18.0 Å². The van der Waals surface area contributed by atoms with Gasteiger partial charge < -0.3 is 5.32 Å². The van der Waals surface area contributed by atoms with Gasteiger partial charge in [0.1, 0.15) is 11.4 Å². The second-order valence-corrected chi connectivity index (χ2v) is 6.40. The first-order valence-electron chi connectivity index (χ1n) is 8.41. The number of nitrogens with one attached hydrogen (secondary N) is 2. The summed E-state index contributed by atoms with van der Waals surface area (Å²) in [5.41, 5.74) is 2.01. The lowest BCUT2D eigenvalue weighted by atomic mass is 9.95. The second-order valence-electron chi connectivity index (χ2n) is 6.40. The van der Waals surface area contributed by atoms with Gasteiger partial charge in [0, 0.05) is 18.2 Å². The monoisotopic (exact) mass is 326 g/mol. The van der Waals surface area contributed by atoms with E-state index in [0.29, 0.717) is 5.57 Å². The fraction of sp³-hybridized carbons (Fsp3) is 0.350. The number of amides is 1. The van der Waals surface area contributed by atoms with Crippen molar-refractivity contribution in [3.05, 3.63) is 66.0 Å². The lowest BCUT2D eigenvalue weighted by Crippen LogP contribution is -2.47. The van der Waals surface area contributed by atoms with Crippen molar-refractivity contribution < 1.29 is 9.18 Å². The minimum absolute atomic E-state index is 0.105. The summed E-state index contributed by atoms with van der Waals surface area (Å²) >= 11 is 0. The highest BCUT2D eigenvalue weighted by atomic mass is 19.1. The first-order chi connectivity index (χ1) is 11.6. The average Bonchev–Trinajstić information content (AvgIpc) is 3.20. The molecule has 24 heavy (non-hydrogen) atoms. The molecule has 2 atom stereocenters. The first kappa shape index (κ1) is 16.7. The molecule has 1 aromatic rings. The molecule has 3 nitrogen and oxygen atoms in total. The van der Waals surface area contributed by atoms with Gasteiger partial charge in [-0.25, -0.2) is 4.39 Å². The molecule has 2 fully saturated rings. The quantitative estimate of drug-likeness (QED) is 0.826. The molecule has 2 aliphatic heterocycles. The molecule has 126 valence electrons. The van der Waals surface area contributed by atoms with Crippen LogP contribution in [0.2, 0.25) is 0 Å². The molecule has 2 N–H and O–H groups in total. The largest absolute Gasteiger partial charge is 0.354 e. The third-order valence-electron chi connectivity index (χ3n) is 4.98. The third-order valence-corrected chi connectivity index (χ3v) is 4.98. The van der Waals surface area contributed by atoms with Gasteiger partial charge in [-0.3, -0.25) is 10.1 Å². The van der Waals surface area contributed by atoms with Crippen molar-refractivity contribution in [2.24, 2.45) is 0 Å². The Kier molecular flexibility index (Phi) is 4.67. The van der Waals surface area contributed by atoms with Crippen LogP contribution in [-0.2, 0) is 4.79 Å². The van der Waals surface area contributed by atoms with Gasteiger partial charge in [-0.05, 0) is 43.4 Å². The highest BCUT2D eigenvalue weighted by molar-refractivity contribution is 5.89. The molecule has 0 saturated carbocycles. The fourth-order valence-electron chi connectivity index (χ4n) is 3.68. The van der Waals surface area contributed by atoms with E-state index in [1.807, 2.05) is 24.3 Å². The number of hydrogen-bond donors (Lipinski definition) is 2. The molecular weight excluding hydrogens is 303 g/mol. The maximum atomic E-state index is 14.1. The Morgan fingerprint density at radius 3 is 2.92 bits per heavy atom. The van der Waals surface area contributed by atoms with Gasteiger partial charge in [0.25, 0.3) is 0 Å². The van der Waals surface area contributed by atoms with Crippen LogP contribution in [0.25, 0.3) is 5.57 Å². The Balaban J connectivity index is 1.88. The van der Waals surface area contributed by atoms with E-state index in [-0.39, 0.29) is 17.8 Å². The zero-order valence-corrected chi connectivity index (χ0v) is 13.9. The lowest BCUT2D eigenvalue weighted by Gasteiger charge is -2.22. The van der Waals surface area contributed by atoms with E-state index in [1.165, 1.54) is 6.08 Å². The summed E-state index contributed by atoms with van der Waals surface area (Å²) in [5, 5.41) is 6.43. The van der Waals surface area contributed by atoms with Crippen LogP contribution in [0.5, 0.6) is 0 Å². The molecule has 2 aliphatic rings. The SMILES string of the molecule is C=C/C=C(\C(F)=C/C)c1cccc([C@H]2CC[C@]3(CCNC3=O)N2)c1. The van der Waals surface area contributed by atoms with E-state index in [1.54, 1.807) is 19.1 Å². The number of allylic oxidation sites excluding steroid dienone is 5. The number of rotatable bonds is 4. The molecule has 0 bridgehead atoms. The third kappa shape index (κ3) is 2.94. The van der Waals surface area contributed by atoms with Crippen LogP contribution < -0.4 is 10.6 Å². The molecule has 3 rings (SSSR count). The summed E-state index contributed by atoms with van der Waals surface area (Å²) in [4.78, 5) is 12.1. The maximum Gasteiger partial charge on any atom is 0.240 e. The van der Waals surface area contributed by atoms with Crippen LogP contribution in [0, 0.1) is 0 Å². The van der Waals surface area contributed by atoms with Crippen LogP contribution in [0.3, 0.4) is 0 Å². The maximum absolute atomic E-state index is 14.1. The Labute approximate surface area is 142 Å². The minimum atomic E-state index is -0.422. The van der Waals surface area contributed by atoms with Crippen molar-refractivity contribution in [1.82, 2.24) is 10.6 Å². The van der Waals surface area contributed by atoms with Crippen LogP contribution >= 0.6 is 0 Å². The van der Waals surface area contributed by atoms with Gasteiger partial charge in [-0.1, -0.05) is 43.0 Å². The zero-order chi connectivity index (χ0) is 17.2. The van der Waals surface area contributed by atoms with E-state index in [0.717, 1.165) is 36.9 Å². The summed E-state index contributed by atoms with van der Waals surface area (Å²) in [6.45, 7) is 6.08. The predicted octanol–water partition coefficient (Wildman–Crippen LogP) is 3.81. The molecule has 1 spiro atoms. The molecule has 0 aromatic heterocycles. The lowest BCUT2D eigenvalue weighted by molar-refractivity contribution is -0.124. The molecule has 0 aliphatic carbocycles. The van der Waals surface area contributed by atoms with Crippen LogP contribution in [0.15, 0.2) is 54.9 Å². The highest BCUT2D eigenvalue weighted by Crippen LogP contribution is 2.38. The average molecular weight is 326 g/mol. The summed E-state index contributed by atoms with van der Waals surface area (Å²) in [5.74, 6) is -0.161. The highest BCUT2D eigenvalue weighted by Gasteiger charge is 2.47. The molecule has 2 heterocycles. The molecule has 0 unspecified atom stereocenters. The summed E-state index contributed by atoms with van der Waals surface area (Å²) in [7, 11) is 0. The van der Waals surface area contributed by atoms with Gasteiger partial charge in [-0.15, -0.1) is 0 Å². The number of carbonyl (C=O) groups is 1. The van der Waals surface area contributed by atoms with Crippen LogP contribution in [0.4, 0.5) is 4.39 Å². The molecule has 4 heteroatoms. The second kappa shape index (κ2) is 6.73. The van der Waals surface area contributed by atoms with Gasteiger partial charge >= 0.3 is 0 Å². The van der Waals surface area contributed by atoms with E-state index < -0.39 is 5.54 Å². The van der Waals surface area contributed by atoms with Gasteiger partial charge in [0.2, 0.25) is 5.91 Å². The molecule has 0 radical (unpaired) electrons. The van der Waals surface area contributed by atoms with Crippen molar-refractivity contribution in [3.8, 4) is 0 Å². The molecule has 1 aromatic carbocycles. The van der Waals surface area contributed by atoms with Crippen LogP contribution in [0.1, 0.15) is 43.4 Å². The summed E-state index contributed by atoms with van der Waals surface area (Å²) in [6.07, 6.45) is 7.31. The summed E-state index contributed by atoms with van der Waals surface area (Å²) < 4.78 is 14.1. The molecule has 1 amide bonds. The predicted molar refractivity (Wildman–Crippen MR) is 94.9 cm³/mol. The van der Waals surface area contributed by atoms with E-state index in [2.05, 4.69) is 17.2 Å². The number of carbonyl (C=O) groups excluding carboxylic acids is 1. The topological polar surface area (TPSA) is 41.1 Å². The number of hydrogen-bond acceptors (Lipinski definition) is 2. The van der Waals surface area contributed by atoms with E-state index in [4.69, 9.17) is 0 Å². The zero-order valence-electron chi connectivity index (χ0n) is 13.9. The Bertz CT molecular complexity index is 722. The fourth-order valence-corrected chi connectivity index (χ4v) is 3.68. The normalized spacial score (nSPS) is 27.6. The van der Waals surface area contributed by atoms with Gasteiger partial charge in [0.05, 0.1) is 0 Å². The van der Waals surface area contributed by atoms with Crippen molar-refractivity contribution in [3.63, 3.8) is 0 Å². The first-order valence-corrected chi connectivity index (χ1v) is 8.41. The van der Waals surface area contributed by atoms with Gasteiger partial charge in [-0.2, -0.15) is 0 Å². The van der Waals surface area contributed by atoms with E-state index >= 15 is 0 Å². The van der Waals surface area contributed by atoms with Crippen molar-refractivity contribution in [2.45, 2.75) is 37.8 Å². The van der Waals surface area contributed by atoms with E-state index in [9.17, 15) is 9.18 Å². The standard InChI is InChI=1S/C20H23FN2O/c1-3-6-16(17(21)4-2)14-7-5-8-15(13-14)18-9-10-20(23-18)11-12-22-19(20)24/h3-8,13,18,23H,1,9-12H2,2H3,(H,22,24)/b16-6-,17-4+/t18-,20-/m1/s1. The number of benzene rings is 1. The Morgan fingerprint density at radius 2 is 2.25 bits per heavy atom. The van der Waals surface area contributed by atoms with Crippen molar-refractivity contribution in [2.75, 3.05) is 6.54 Å². The summed E-state index contributed by atoms with van der Waals surface area (Å²) in [6, 6.07) is 7.99. The Morgan fingerprint density at radius 1 is 1.42 bits per heavy atom. The molecular formula is C20H23FN2O. The minimum Gasteiger partial charge on any atom is -0.354 e. The molecule has 2 saturated heterocycles. The Hall–Kier alpha value is -2.20. The van der Waals surface area contributed by atoms with Crippen molar-refractivity contribution >= 4 is 11.5 Å². The van der Waals surface area contributed by atoms with Crippen molar-refractivity contribution in [1.29, 1.82) is 0 Å². The smallest absolute Gasteiger partial charge is 0.240 e. The number of halogens is 1.